The summed E-state index contributed by atoms with van der Waals surface area (Å²) in [5.74, 6) is 0.141. The van der Waals surface area contributed by atoms with Gasteiger partial charge in [-0.25, -0.2) is 4.39 Å². The van der Waals surface area contributed by atoms with E-state index in [1.54, 1.807) is 12.1 Å². The summed E-state index contributed by atoms with van der Waals surface area (Å²) in [6.45, 7) is 6.58. The predicted molar refractivity (Wildman–Crippen MR) is 96.8 cm³/mol. The fourth-order valence-corrected chi connectivity index (χ4v) is 4.63. The monoisotopic (exact) mass is 410 g/mol. The van der Waals surface area contributed by atoms with Crippen molar-refractivity contribution in [3.05, 3.63) is 48.3 Å². The van der Waals surface area contributed by atoms with Crippen LogP contribution in [0.2, 0.25) is 19.6 Å². The number of hydrogen-bond acceptors (Lipinski definition) is 1. The molecule has 0 spiro atoms. The molecule has 1 atom stereocenters. The van der Waals surface area contributed by atoms with Gasteiger partial charge in [-0.1, -0.05) is 64.6 Å². The zero-order valence-electron chi connectivity index (χ0n) is 12.6. The molecular formula is C15H18Cl2FOPSiTi. The standard InChI is InChI=1S/C15H18FOPSi.2ClH.Ti/c1-19(2,3)14-10-6-9-13(15(14)17)18-12-8-5-4-7-11(12)16;;;/h4-10,17-18H,1-3H3;2*1H;/q;;;+2/p-2. The summed E-state index contributed by atoms with van der Waals surface area (Å²) in [7, 11) is 8.35. The van der Waals surface area contributed by atoms with Crippen molar-refractivity contribution in [2.75, 3.05) is 0 Å². The van der Waals surface area contributed by atoms with Crippen LogP contribution in [-0.4, -0.2) is 13.2 Å². The van der Waals surface area contributed by atoms with Gasteiger partial charge in [0.25, 0.3) is 0 Å². The molecule has 1 nitrogen and oxygen atoms in total. The van der Waals surface area contributed by atoms with Crippen molar-refractivity contribution in [1.82, 2.24) is 0 Å². The van der Waals surface area contributed by atoms with Crippen LogP contribution in [0.5, 0.6) is 5.75 Å². The molecule has 1 unspecified atom stereocenters. The van der Waals surface area contributed by atoms with Crippen LogP contribution in [0.1, 0.15) is 0 Å². The first-order valence-electron chi connectivity index (χ1n) is 6.61. The van der Waals surface area contributed by atoms with Gasteiger partial charge in [-0.3, -0.25) is 0 Å². The molecule has 0 aliphatic heterocycles. The first kappa shape index (κ1) is 20.2. The number of hydrogen-bond donors (Lipinski definition) is 1. The van der Waals surface area contributed by atoms with Crippen molar-refractivity contribution in [1.29, 1.82) is 0 Å². The Bertz CT molecular complexity index is 623. The Morgan fingerprint density at radius 3 is 2.09 bits per heavy atom. The maximum atomic E-state index is 13.7. The van der Waals surface area contributed by atoms with E-state index in [2.05, 4.69) is 19.6 Å². The summed E-state index contributed by atoms with van der Waals surface area (Å²) >= 11 is -0.556. The molecule has 0 radical (unpaired) electrons. The minimum absolute atomic E-state index is 0.147. The fourth-order valence-electron chi connectivity index (χ4n) is 1.96. The van der Waals surface area contributed by atoms with Gasteiger partial charge in [-0.15, -0.1) is 0 Å². The normalized spacial score (nSPS) is 11.2. The van der Waals surface area contributed by atoms with Crippen LogP contribution >= 0.6 is 27.2 Å². The third-order valence-electron chi connectivity index (χ3n) is 2.99. The summed E-state index contributed by atoms with van der Waals surface area (Å²) in [6.07, 6.45) is 0. The van der Waals surface area contributed by atoms with Gasteiger partial charge in [0.05, 0.1) is 8.07 Å². The minimum atomic E-state index is -1.58. The van der Waals surface area contributed by atoms with Gasteiger partial charge in [-0.2, -0.15) is 0 Å². The fraction of sp³-hybridized carbons (Fsp3) is 0.200. The second-order valence-corrected chi connectivity index (χ2v) is 14.6. The van der Waals surface area contributed by atoms with Gasteiger partial charge in [0.15, 0.2) is 0 Å². The molecule has 22 heavy (non-hydrogen) atoms. The summed E-state index contributed by atoms with van der Waals surface area (Å²) in [5, 5.41) is 12.9. The van der Waals surface area contributed by atoms with E-state index in [1.807, 2.05) is 24.3 Å². The van der Waals surface area contributed by atoms with Crippen LogP contribution < -0.4 is 15.8 Å². The number of rotatable bonds is 3. The molecule has 118 valence electrons. The van der Waals surface area contributed by atoms with E-state index in [1.165, 1.54) is 6.07 Å². The van der Waals surface area contributed by atoms with Crippen LogP contribution in [0.4, 0.5) is 4.39 Å². The van der Waals surface area contributed by atoms with Crippen LogP contribution in [0.15, 0.2) is 42.5 Å². The molecule has 2 aromatic carbocycles. The first-order chi connectivity index (χ1) is 10.3. The third-order valence-corrected chi connectivity index (χ3v) is 6.35. The molecule has 0 amide bonds. The number of phenols is 1. The van der Waals surface area contributed by atoms with Gasteiger partial charge >= 0.3 is 35.6 Å². The van der Waals surface area contributed by atoms with Crippen molar-refractivity contribution in [2.24, 2.45) is 0 Å². The maximum absolute atomic E-state index is 13.7. The van der Waals surface area contributed by atoms with E-state index < -0.39 is 25.1 Å². The van der Waals surface area contributed by atoms with E-state index in [-0.39, 0.29) is 14.4 Å². The van der Waals surface area contributed by atoms with Gasteiger partial charge in [0, 0.05) is 10.6 Å². The van der Waals surface area contributed by atoms with Crippen molar-refractivity contribution in [3.8, 4) is 5.75 Å². The Labute approximate surface area is 150 Å². The predicted octanol–water partition coefficient (Wildman–Crippen LogP) is 4.08. The molecule has 0 saturated heterocycles. The van der Waals surface area contributed by atoms with Gasteiger partial charge in [0.1, 0.15) is 11.6 Å². The third kappa shape index (κ3) is 5.96. The van der Waals surface area contributed by atoms with E-state index >= 15 is 0 Å². The molecule has 2 rings (SSSR count). The van der Waals surface area contributed by atoms with E-state index in [0.29, 0.717) is 11.1 Å². The van der Waals surface area contributed by atoms with Crippen molar-refractivity contribution in [3.63, 3.8) is 0 Å². The Kier molecular flexibility index (Phi) is 8.63. The van der Waals surface area contributed by atoms with Gasteiger partial charge in [0.2, 0.25) is 0 Å². The molecule has 2 aromatic rings. The molecule has 0 aliphatic carbocycles. The van der Waals surface area contributed by atoms with Crippen LogP contribution in [0.3, 0.4) is 0 Å². The number of phenolic OH excluding ortho intramolecular Hbond substituents is 1. The summed E-state index contributed by atoms with van der Waals surface area (Å²) in [6, 6.07) is 12.6. The van der Waals surface area contributed by atoms with Crippen molar-refractivity contribution >= 4 is 51.1 Å². The molecule has 0 fully saturated rings. The zero-order chi connectivity index (χ0) is 16.8. The number of benzene rings is 2. The van der Waals surface area contributed by atoms with E-state index in [0.717, 1.165) is 10.5 Å². The molecule has 1 N–H and O–H groups in total. The van der Waals surface area contributed by atoms with Crippen LogP contribution in [0, 0.1) is 5.82 Å². The second kappa shape index (κ2) is 9.42. The number of aromatic hydroxyl groups is 1. The topological polar surface area (TPSA) is 20.2 Å². The summed E-state index contributed by atoms with van der Waals surface area (Å²) in [5.41, 5.74) is 0. The van der Waals surface area contributed by atoms with Crippen molar-refractivity contribution < 1.29 is 26.5 Å². The van der Waals surface area contributed by atoms with Gasteiger partial charge < -0.3 is 5.11 Å². The molecule has 0 heterocycles. The average Bonchev–Trinajstić information content (AvgIpc) is 2.43. The zero-order valence-corrected chi connectivity index (χ0v) is 17.7. The molecular weight excluding hydrogens is 393 g/mol. The Morgan fingerprint density at radius 1 is 1.00 bits per heavy atom. The van der Waals surface area contributed by atoms with Crippen LogP contribution in [-0.2, 0) is 17.0 Å². The quantitative estimate of drug-likeness (QED) is 0.597. The number of para-hydroxylation sites is 1. The molecule has 0 aromatic heterocycles. The summed E-state index contributed by atoms with van der Waals surface area (Å²) < 4.78 is 13.7. The first-order valence-corrected chi connectivity index (χ1v) is 15.4. The second-order valence-electron chi connectivity index (χ2n) is 5.63. The SMILES string of the molecule is C[Si](C)(C)c1cccc(Pc2ccccc2F)c1O.[Cl][Ti][Cl]. The van der Waals surface area contributed by atoms with Crippen LogP contribution in [0.25, 0.3) is 0 Å². The Balaban J connectivity index is 0.000000745. The Morgan fingerprint density at radius 2 is 1.55 bits per heavy atom. The van der Waals surface area contributed by atoms with Crippen molar-refractivity contribution in [2.45, 2.75) is 19.6 Å². The van der Waals surface area contributed by atoms with E-state index in [4.69, 9.17) is 18.6 Å². The summed E-state index contributed by atoms with van der Waals surface area (Å²) in [4.78, 5) is 0. The molecule has 0 aliphatic rings. The Hall–Kier alpha value is 0.111. The number of halogens is 3. The molecule has 0 saturated carbocycles. The molecule has 0 bridgehead atoms. The average molecular weight is 411 g/mol. The van der Waals surface area contributed by atoms with E-state index in [9.17, 15) is 9.50 Å². The van der Waals surface area contributed by atoms with Gasteiger partial charge in [-0.05, 0) is 11.3 Å². The molecule has 7 heteroatoms.